The van der Waals surface area contributed by atoms with Gasteiger partial charge in [0.1, 0.15) is 11.8 Å². The maximum absolute atomic E-state index is 13.2. The predicted molar refractivity (Wildman–Crippen MR) is 244 cm³/mol. The third-order valence-electron chi connectivity index (χ3n) is 9.22. The number of carbonyl (C=O) groups excluding carboxylic acids is 6. The maximum atomic E-state index is 13.2. The summed E-state index contributed by atoms with van der Waals surface area (Å²) in [6.07, 6.45) is 2.86. The summed E-state index contributed by atoms with van der Waals surface area (Å²) in [6, 6.07) is 12.5. The van der Waals surface area contributed by atoms with Crippen LogP contribution in [0.3, 0.4) is 0 Å². The second-order valence-corrected chi connectivity index (χ2v) is 15.7. The van der Waals surface area contributed by atoms with Gasteiger partial charge in [0, 0.05) is 56.7 Å². The second kappa shape index (κ2) is 28.7. The maximum Gasteiger partial charge on any atom is 0.326 e. The van der Waals surface area contributed by atoms with Crippen LogP contribution in [0.15, 0.2) is 66.7 Å². The number of ether oxygens (including phenoxy) is 5. The number of nitrogens with zero attached hydrogens (tertiary/aromatic N) is 1. The number of carboxylic acid groups (broad SMARTS) is 1. The van der Waals surface area contributed by atoms with Crippen LogP contribution < -0.4 is 26.0 Å². The number of halogens is 4. The molecule has 6 amide bonds. The van der Waals surface area contributed by atoms with E-state index < -0.39 is 35.6 Å². The van der Waals surface area contributed by atoms with Gasteiger partial charge in [-0.15, -0.1) is 0 Å². The van der Waals surface area contributed by atoms with E-state index in [9.17, 15) is 38.7 Å². The molecule has 3 aromatic rings. The third-order valence-corrected chi connectivity index (χ3v) is 10.4. The Morgan fingerprint density at radius 2 is 1.15 bits per heavy atom. The van der Waals surface area contributed by atoms with Crippen molar-refractivity contribution < 1.29 is 62.4 Å². The summed E-state index contributed by atoms with van der Waals surface area (Å²) in [4.78, 5) is 86.0. The van der Waals surface area contributed by atoms with E-state index in [-0.39, 0.29) is 101 Å². The van der Waals surface area contributed by atoms with Crippen molar-refractivity contribution in [2.45, 2.75) is 31.7 Å². The summed E-state index contributed by atoms with van der Waals surface area (Å²) in [5.74, 6) is -3.70. The quantitative estimate of drug-likeness (QED) is 0.0449. The van der Waals surface area contributed by atoms with Gasteiger partial charge in [-0.05, 0) is 48.4 Å². The highest BCUT2D eigenvalue weighted by Gasteiger charge is 2.26. The summed E-state index contributed by atoms with van der Waals surface area (Å²) < 4.78 is 27.4. The molecular formula is C44H49Cl4N5O13. The second-order valence-electron chi connectivity index (χ2n) is 14.1. The number of nitrogens with one attached hydrogen (secondary N) is 4. The van der Waals surface area contributed by atoms with Gasteiger partial charge in [-0.2, -0.15) is 0 Å². The largest absolute Gasteiger partial charge is 0.493 e. The Bertz CT molecular complexity index is 2130. The number of imide groups is 1. The van der Waals surface area contributed by atoms with Crippen molar-refractivity contribution in [1.29, 1.82) is 0 Å². The van der Waals surface area contributed by atoms with Crippen LogP contribution in [-0.4, -0.2) is 137 Å². The average molecular weight is 998 g/mol. The van der Waals surface area contributed by atoms with Crippen molar-refractivity contribution in [2.24, 2.45) is 0 Å². The third kappa shape index (κ3) is 18.5. The van der Waals surface area contributed by atoms with Crippen molar-refractivity contribution in [1.82, 2.24) is 20.9 Å². The van der Waals surface area contributed by atoms with Crippen LogP contribution in [-0.2, 0) is 49.3 Å². The van der Waals surface area contributed by atoms with Crippen molar-refractivity contribution in [3.05, 3.63) is 104 Å². The molecule has 1 aliphatic rings. The van der Waals surface area contributed by atoms with Crippen LogP contribution in [0.5, 0.6) is 5.75 Å². The molecule has 1 atom stereocenters. The van der Waals surface area contributed by atoms with E-state index in [1.807, 2.05) is 0 Å². The standard InChI is InChI=1S/C44H49Cl4N5O13/c45-31-3-1-4-32(46)40(31)42(58)51-29-7-5-28(6-8-29)25-35(44(60)61)52-43(59)41-33(47)26-30(27-34(41)48)66-16-2-13-49-37(55)12-17-62-19-21-64-23-24-65-22-20-63-18-14-50-36(54)11-15-53-38(56)9-10-39(53)57/h1,3-10,26-27,35H,2,11-25H2,(H,49,55)(H,50,54)(H,51,58)(H,52,59)(H,60,61). The molecule has 22 heteroatoms. The average Bonchev–Trinajstić information content (AvgIpc) is 3.59. The summed E-state index contributed by atoms with van der Waals surface area (Å²) in [7, 11) is 0. The lowest BCUT2D eigenvalue weighted by Gasteiger charge is -2.17. The summed E-state index contributed by atoms with van der Waals surface area (Å²) in [6.45, 7) is 3.28. The highest BCUT2D eigenvalue weighted by Crippen LogP contribution is 2.31. The van der Waals surface area contributed by atoms with Crippen LogP contribution >= 0.6 is 46.4 Å². The van der Waals surface area contributed by atoms with E-state index in [1.165, 1.54) is 36.4 Å². The minimum absolute atomic E-state index is 0.0156. The number of carboxylic acids is 1. The monoisotopic (exact) mass is 995 g/mol. The van der Waals surface area contributed by atoms with E-state index in [2.05, 4.69) is 21.3 Å². The molecule has 66 heavy (non-hydrogen) atoms. The number of carbonyl (C=O) groups is 7. The molecule has 0 saturated carbocycles. The summed E-state index contributed by atoms with van der Waals surface area (Å²) in [5, 5.41) is 20.7. The highest BCUT2D eigenvalue weighted by atomic mass is 35.5. The fourth-order valence-corrected chi connectivity index (χ4v) is 7.08. The van der Waals surface area contributed by atoms with Gasteiger partial charge in [-0.3, -0.25) is 33.7 Å². The van der Waals surface area contributed by atoms with E-state index >= 15 is 0 Å². The Balaban J connectivity index is 0.997. The molecular weight excluding hydrogens is 948 g/mol. The number of anilines is 1. The smallest absolute Gasteiger partial charge is 0.326 e. The van der Waals surface area contributed by atoms with Crippen LogP contribution in [0, 0.1) is 0 Å². The molecule has 0 fully saturated rings. The number of hydrogen-bond acceptors (Lipinski definition) is 12. The van der Waals surface area contributed by atoms with E-state index in [4.69, 9.17) is 70.1 Å². The molecule has 0 spiro atoms. The van der Waals surface area contributed by atoms with E-state index in [0.717, 1.165) is 4.90 Å². The molecule has 3 aromatic carbocycles. The normalized spacial score (nSPS) is 12.5. The zero-order valence-corrected chi connectivity index (χ0v) is 38.6. The lowest BCUT2D eigenvalue weighted by molar-refractivity contribution is -0.139. The van der Waals surface area contributed by atoms with E-state index in [0.29, 0.717) is 63.9 Å². The van der Waals surface area contributed by atoms with Gasteiger partial charge >= 0.3 is 5.97 Å². The minimum atomic E-state index is -1.35. The molecule has 0 aromatic heterocycles. The first-order chi connectivity index (χ1) is 31.7. The van der Waals surface area contributed by atoms with Gasteiger partial charge in [0.05, 0.1) is 90.7 Å². The number of benzene rings is 3. The Kier molecular flexibility index (Phi) is 23.2. The molecule has 0 aliphatic carbocycles. The fourth-order valence-electron chi connectivity index (χ4n) is 5.87. The lowest BCUT2D eigenvalue weighted by atomic mass is 10.0. The molecule has 0 bridgehead atoms. The topological polar surface area (TPSA) is 237 Å². The molecule has 1 aliphatic heterocycles. The number of amides is 6. The van der Waals surface area contributed by atoms with Gasteiger partial charge in [-0.25, -0.2) is 4.79 Å². The molecule has 0 radical (unpaired) electrons. The number of hydrogen-bond donors (Lipinski definition) is 5. The van der Waals surface area contributed by atoms with Crippen LogP contribution in [0.25, 0.3) is 0 Å². The molecule has 1 heterocycles. The SMILES string of the molecule is O=C(CCOCCOCCOCCOCCNC(=O)CCN1C(=O)C=CC1=O)NCCCOc1cc(Cl)c(C(=O)NC(Cc2ccc(NC(=O)c3c(Cl)cccc3Cl)cc2)C(=O)O)c(Cl)c1. The molecule has 4 rings (SSSR count). The van der Waals surface area contributed by atoms with Crippen molar-refractivity contribution in [3.63, 3.8) is 0 Å². The lowest BCUT2D eigenvalue weighted by Crippen LogP contribution is -2.42. The fraction of sp³-hybridized carbons (Fsp3) is 0.386. The van der Waals surface area contributed by atoms with Crippen molar-refractivity contribution in [2.75, 3.05) is 84.4 Å². The Hall–Kier alpha value is -5.31. The highest BCUT2D eigenvalue weighted by molar-refractivity contribution is 6.41. The van der Waals surface area contributed by atoms with Crippen LogP contribution in [0.4, 0.5) is 5.69 Å². The van der Waals surface area contributed by atoms with Gasteiger partial charge in [0.15, 0.2) is 0 Å². The number of rotatable bonds is 30. The van der Waals surface area contributed by atoms with Gasteiger partial charge < -0.3 is 50.1 Å². The Labute approximate surface area is 400 Å². The molecule has 5 N–H and O–H groups in total. The van der Waals surface area contributed by atoms with Crippen LogP contribution in [0.2, 0.25) is 20.1 Å². The zero-order valence-electron chi connectivity index (χ0n) is 35.5. The van der Waals surface area contributed by atoms with Crippen LogP contribution in [0.1, 0.15) is 45.5 Å². The minimum Gasteiger partial charge on any atom is -0.493 e. The van der Waals surface area contributed by atoms with Gasteiger partial charge in [0.2, 0.25) is 11.8 Å². The van der Waals surface area contributed by atoms with Gasteiger partial charge in [0.25, 0.3) is 23.6 Å². The zero-order chi connectivity index (χ0) is 47.8. The van der Waals surface area contributed by atoms with Crippen molar-refractivity contribution >= 4 is 93.5 Å². The first-order valence-corrected chi connectivity index (χ1v) is 22.1. The molecule has 356 valence electrons. The predicted octanol–water partition coefficient (Wildman–Crippen LogP) is 4.75. The number of aliphatic carboxylic acids is 1. The molecule has 18 nitrogen and oxygen atoms in total. The molecule has 0 saturated heterocycles. The summed E-state index contributed by atoms with van der Waals surface area (Å²) >= 11 is 25.0. The van der Waals surface area contributed by atoms with E-state index in [1.54, 1.807) is 30.3 Å². The Morgan fingerprint density at radius 3 is 1.74 bits per heavy atom. The van der Waals surface area contributed by atoms with Gasteiger partial charge in [-0.1, -0.05) is 64.6 Å². The first kappa shape index (κ1) is 53.3. The first-order valence-electron chi connectivity index (χ1n) is 20.6. The Morgan fingerprint density at radius 1 is 0.621 bits per heavy atom. The summed E-state index contributed by atoms with van der Waals surface area (Å²) in [5.41, 5.74) is 0.942. The van der Waals surface area contributed by atoms with Crippen molar-refractivity contribution in [3.8, 4) is 5.75 Å². The molecule has 1 unspecified atom stereocenters.